The summed E-state index contributed by atoms with van der Waals surface area (Å²) >= 11 is 0. The molecule has 1 aromatic carbocycles. The van der Waals surface area contributed by atoms with Crippen molar-refractivity contribution in [2.24, 2.45) is 0 Å². The van der Waals surface area contributed by atoms with Crippen molar-refractivity contribution in [2.75, 3.05) is 32.0 Å². The summed E-state index contributed by atoms with van der Waals surface area (Å²) in [5, 5.41) is 8.22. The molecule has 7 heteroatoms. The minimum absolute atomic E-state index is 0.0622. The minimum atomic E-state index is -0.446. The Labute approximate surface area is 132 Å². The van der Waals surface area contributed by atoms with Gasteiger partial charge in [0.05, 0.1) is 18.9 Å². The number of hydrogen-bond donors (Lipinski definition) is 3. The number of aromatic amines is 1. The fourth-order valence-electron chi connectivity index (χ4n) is 2.59. The summed E-state index contributed by atoms with van der Waals surface area (Å²) < 4.78 is 19.1. The molecule has 120 valence electrons. The van der Waals surface area contributed by atoms with Gasteiger partial charge in [0.15, 0.2) is 5.43 Å². The van der Waals surface area contributed by atoms with Gasteiger partial charge in [-0.15, -0.1) is 0 Å². The molecule has 0 saturated carbocycles. The second-order valence-electron chi connectivity index (χ2n) is 5.26. The van der Waals surface area contributed by atoms with Crippen LogP contribution < -0.4 is 11.2 Å². The highest BCUT2D eigenvalue weighted by Crippen LogP contribution is 2.21. The monoisotopic (exact) mass is 316 g/mol. The Balaban J connectivity index is 2.00. The van der Waals surface area contributed by atoms with Gasteiger partial charge in [0.25, 0.3) is 0 Å². The van der Waals surface area contributed by atoms with E-state index in [1.165, 1.54) is 12.1 Å². The SMILES string of the molecule is N=C(c1c(N)[nH]c(-c2ccccc2F)cc1=O)N1CCOCC1. The molecule has 4 N–H and O–H groups in total. The third-order valence-electron chi connectivity index (χ3n) is 3.79. The zero-order valence-electron chi connectivity index (χ0n) is 12.4. The Hall–Kier alpha value is -2.67. The number of morpholine rings is 1. The van der Waals surface area contributed by atoms with Crippen LogP contribution in [0.25, 0.3) is 11.3 Å². The van der Waals surface area contributed by atoms with Crippen LogP contribution in [0.3, 0.4) is 0 Å². The van der Waals surface area contributed by atoms with Crippen molar-refractivity contribution in [1.82, 2.24) is 9.88 Å². The number of pyridine rings is 1. The zero-order chi connectivity index (χ0) is 16.4. The Kier molecular flexibility index (Phi) is 4.12. The van der Waals surface area contributed by atoms with Crippen LogP contribution in [0, 0.1) is 11.2 Å². The van der Waals surface area contributed by atoms with Crippen molar-refractivity contribution >= 4 is 11.7 Å². The van der Waals surface area contributed by atoms with Gasteiger partial charge in [-0.1, -0.05) is 12.1 Å². The van der Waals surface area contributed by atoms with Crippen LogP contribution in [-0.4, -0.2) is 42.0 Å². The van der Waals surface area contributed by atoms with Crippen LogP contribution in [0.2, 0.25) is 0 Å². The molecule has 1 aromatic heterocycles. The van der Waals surface area contributed by atoms with E-state index in [0.29, 0.717) is 32.0 Å². The zero-order valence-corrected chi connectivity index (χ0v) is 12.4. The molecule has 1 saturated heterocycles. The van der Waals surface area contributed by atoms with Gasteiger partial charge >= 0.3 is 0 Å². The Morgan fingerprint density at radius 3 is 2.65 bits per heavy atom. The van der Waals surface area contributed by atoms with Crippen molar-refractivity contribution < 1.29 is 9.13 Å². The Morgan fingerprint density at radius 1 is 1.30 bits per heavy atom. The molecule has 3 rings (SSSR count). The van der Waals surface area contributed by atoms with E-state index in [4.69, 9.17) is 15.9 Å². The second-order valence-corrected chi connectivity index (χ2v) is 5.26. The lowest BCUT2D eigenvalue weighted by Crippen LogP contribution is -2.42. The van der Waals surface area contributed by atoms with Gasteiger partial charge in [0.1, 0.15) is 23.0 Å². The van der Waals surface area contributed by atoms with Crippen molar-refractivity contribution in [2.45, 2.75) is 0 Å². The van der Waals surface area contributed by atoms with Crippen LogP contribution in [0.4, 0.5) is 10.2 Å². The number of nitrogen functional groups attached to an aromatic ring is 1. The molecule has 1 aliphatic heterocycles. The number of hydrogen-bond acceptors (Lipinski definition) is 4. The molecule has 6 nitrogen and oxygen atoms in total. The van der Waals surface area contributed by atoms with E-state index < -0.39 is 11.2 Å². The summed E-state index contributed by atoms with van der Waals surface area (Å²) in [6, 6.07) is 7.40. The van der Waals surface area contributed by atoms with Gasteiger partial charge in [-0.25, -0.2) is 4.39 Å². The average Bonchev–Trinajstić information content (AvgIpc) is 2.55. The molecule has 2 aromatic rings. The molecule has 2 heterocycles. The number of H-pyrrole nitrogens is 1. The number of nitrogens with two attached hydrogens (primary N) is 1. The fraction of sp³-hybridized carbons (Fsp3) is 0.250. The van der Waals surface area contributed by atoms with Gasteiger partial charge in [-0.3, -0.25) is 10.2 Å². The molecule has 0 bridgehead atoms. The van der Waals surface area contributed by atoms with Crippen molar-refractivity contribution in [3.8, 4) is 11.3 Å². The van der Waals surface area contributed by atoms with Gasteiger partial charge in [-0.2, -0.15) is 0 Å². The number of nitrogens with one attached hydrogen (secondary N) is 2. The van der Waals surface area contributed by atoms with Gasteiger partial charge < -0.3 is 20.4 Å². The Morgan fingerprint density at radius 2 is 2.00 bits per heavy atom. The lowest BCUT2D eigenvalue weighted by molar-refractivity contribution is 0.0679. The first kappa shape index (κ1) is 15.2. The number of nitrogens with zero attached hydrogens (tertiary/aromatic N) is 1. The number of aromatic nitrogens is 1. The summed E-state index contributed by atoms with van der Waals surface area (Å²) in [4.78, 5) is 17.0. The molecule has 0 amide bonds. The van der Waals surface area contributed by atoms with E-state index in [2.05, 4.69) is 4.98 Å². The minimum Gasteiger partial charge on any atom is -0.385 e. The summed E-state index contributed by atoms with van der Waals surface area (Å²) in [7, 11) is 0. The van der Waals surface area contributed by atoms with E-state index in [9.17, 15) is 9.18 Å². The number of halogens is 1. The van der Waals surface area contributed by atoms with Crippen molar-refractivity contribution in [1.29, 1.82) is 5.41 Å². The first-order valence-corrected chi connectivity index (χ1v) is 7.27. The highest BCUT2D eigenvalue weighted by Gasteiger charge is 2.21. The van der Waals surface area contributed by atoms with Gasteiger partial charge in [0, 0.05) is 24.7 Å². The predicted molar refractivity (Wildman–Crippen MR) is 86.1 cm³/mol. The summed E-state index contributed by atoms with van der Waals surface area (Å²) in [6.45, 7) is 2.08. The van der Waals surface area contributed by atoms with E-state index in [1.807, 2.05) is 0 Å². The van der Waals surface area contributed by atoms with Crippen LogP contribution in [-0.2, 0) is 4.74 Å². The molecule has 0 atom stereocenters. The lowest BCUT2D eigenvalue weighted by atomic mass is 10.1. The number of ether oxygens (including phenoxy) is 1. The average molecular weight is 316 g/mol. The summed E-state index contributed by atoms with van der Waals surface area (Å²) in [5.74, 6) is -0.321. The maximum atomic E-state index is 13.9. The van der Waals surface area contributed by atoms with E-state index >= 15 is 0 Å². The maximum absolute atomic E-state index is 13.9. The lowest BCUT2D eigenvalue weighted by Gasteiger charge is -2.29. The highest BCUT2D eigenvalue weighted by molar-refractivity contribution is 6.00. The molecule has 0 spiro atoms. The first-order valence-electron chi connectivity index (χ1n) is 7.27. The van der Waals surface area contributed by atoms with Crippen molar-refractivity contribution in [3.05, 3.63) is 51.9 Å². The molecule has 0 radical (unpaired) electrons. The molecular weight excluding hydrogens is 299 g/mol. The normalized spacial score (nSPS) is 14.7. The number of benzene rings is 1. The van der Waals surface area contributed by atoms with Gasteiger partial charge in [-0.05, 0) is 12.1 Å². The molecular formula is C16H17FN4O2. The first-order chi connectivity index (χ1) is 11.1. The smallest absolute Gasteiger partial charge is 0.195 e. The quantitative estimate of drug-likeness (QED) is 0.577. The molecule has 0 unspecified atom stereocenters. The number of amidine groups is 1. The van der Waals surface area contributed by atoms with Crippen LogP contribution in [0.1, 0.15) is 5.56 Å². The standard InChI is InChI=1S/C16H17FN4O2/c17-11-4-2-1-3-10(11)12-9-13(22)14(15(18)20-12)16(19)21-5-7-23-8-6-21/h1-4,9,19H,5-8H2,(H3,18,20,22). The summed E-state index contributed by atoms with van der Waals surface area (Å²) in [6.07, 6.45) is 0. The van der Waals surface area contributed by atoms with E-state index in [1.54, 1.807) is 23.1 Å². The van der Waals surface area contributed by atoms with Crippen LogP contribution >= 0.6 is 0 Å². The molecule has 23 heavy (non-hydrogen) atoms. The van der Waals surface area contributed by atoms with Gasteiger partial charge in [0.2, 0.25) is 0 Å². The topological polar surface area (TPSA) is 95.2 Å². The maximum Gasteiger partial charge on any atom is 0.195 e. The highest BCUT2D eigenvalue weighted by atomic mass is 19.1. The van der Waals surface area contributed by atoms with Crippen LogP contribution in [0.5, 0.6) is 0 Å². The molecule has 1 aliphatic rings. The molecule has 0 aliphatic carbocycles. The van der Waals surface area contributed by atoms with Crippen LogP contribution in [0.15, 0.2) is 35.1 Å². The Bertz CT molecular complexity index is 797. The second kappa shape index (κ2) is 6.21. The van der Waals surface area contributed by atoms with E-state index in [0.717, 1.165) is 0 Å². The summed E-state index contributed by atoms with van der Waals surface area (Å²) in [5.41, 5.74) is 6.20. The number of rotatable bonds is 2. The third-order valence-corrected chi connectivity index (χ3v) is 3.79. The van der Waals surface area contributed by atoms with Crippen molar-refractivity contribution in [3.63, 3.8) is 0 Å². The molecule has 1 fully saturated rings. The largest absolute Gasteiger partial charge is 0.385 e. The number of anilines is 1. The fourth-order valence-corrected chi connectivity index (χ4v) is 2.59. The van der Waals surface area contributed by atoms with E-state index in [-0.39, 0.29) is 22.8 Å². The third kappa shape index (κ3) is 2.95. The predicted octanol–water partition coefficient (Wildman–Crippen LogP) is 1.42.